The fourth-order valence-corrected chi connectivity index (χ4v) is 3.38. The molecule has 1 aromatic rings. The molecule has 1 amide bonds. The SMILES string of the molecule is CCCCCCCCCCCCCCCC(=O)N[C@@H](Cc1cnc[nH]1)C(=O)[O-].[Na+]. The van der Waals surface area contributed by atoms with Gasteiger partial charge >= 0.3 is 29.6 Å². The zero-order chi connectivity index (χ0) is 20.5. The third-order valence-corrected chi connectivity index (χ3v) is 5.11. The number of carbonyl (C=O) groups is 2. The molecule has 0 saturated carbocycles. The van der Waals surface area contributed by atoms with E-state index < -0.39 is 12.0 Å². The molecule has 6 nitrogen and oxygen atoms in total. The maximum Gasteiger partial charge on any atom is 1.00 e. The van der Waals surface area contributed by atoms with E-state index in [4.69, 9.17) is 0 Å². The molecule has 1 heterocycles. The van der Waals surface area contributed by atoms with E-state index in [0.29, 0.717) is 12.1 Å². The van der Waals surface area contributed by atoms with Crippen molar-refractivity contribution in [2.24, 2.45) is 0 Å². The second-order valence-electron chi connectivity index (χ2n) is 7.71. The van der Waals surface area contributed by atoms with Gasteiger partial charge in [0.15, 0.2) is 0 Å². The van der Waals surface area contributed by atoms with Gasteiger partial charge in [0.1, 0.15) is 0 Å². The smallest absolute Gasteiger partial charge is 0.548 e. The van der Waals surface area contributed by atoms with E-state index in [1.807, 2.05) is 0 Å². The van der Waals surface area contributed by atoms with Crippen LogP contribution in [0.3, 0.4) is 0 Å². The van der Waals surface area contributed by atoms with Crippen LogP contribution in [-0.4, -0.2) is 27.9 Å². The number of nitrogens with one attached hydrogen (secondary N) is 2. The van der Waals surface area contributed by atoms with E-state index in [-0.39, 0.29) is 41.9 Å². The number of hydrogen-bond donors (Lipinski definition) is 2. The molecule has 160 valence electrons. The molecule has 0 bridgehead atoms. The van der Waals surface area contributed by atoms with Gasteiger partial charge in [0.25, 0.3) is 0 Å². The van der Waals surface area contributed by atoms with Crippen LogP contribution in [0.1, 0.15) is 103 Å². The van der Waals surface area contributed by atoms with Crippen LogP contribution in [0.15, 0.2) is 12.5 Å². The largest absolute Gasteiger partial charge is 1.00 e. The van der Waals surface area contributed by atoms with Crippen molar-refractivity contribution in [3.05, 3.63) is 18.2 Å². The van der Waals surface area contributed by atoms with Crippen molar-refractivity contribution in [1.82, 2.24) is 15.3 Å². The third kappa shape index (κ3) is 15.6. The van der Waals surface area contributed by atoms with Crippen molar-refractivity contribution >= 4 is 11.9 Å². The zero-order valence-corrected chi connectivity index (χ0v) is 20.5. The van der Waals surface area contributed by atoms with Crippen LogP contribution in [0.5, 0.6) is 0 Å². The van der Waals surface area contributed by atoms with Crippen LogP contribution in [0.4, 0.5) is 0 Å². The monoisotopic (exact) mass is 415 g/mol. The van der Waals surface area contributed by atoms with Crippen molar-refractivity contribution in [2.45, 2.75) is 109 Å². The van der Waals surface area contributed by atoms with Crippen molar-refractivity contribution in [3.63, 3.8) is 0 Å². The molecule has 7 heteroatoms. The molecule has 1 atom stereocenters. The van der Waals surface area contributed by atoms with Gasteiger partial charge in [-0.05, 0) is 6.42 Å². The first-order chi connectivity index (χ1) is 13.6. The molecule has 0 spiro atoms. The summed E-state index contributed by atoms with van der Waals surface area (Å²) < 4.78 is 0. The van der Waals surface area contributed by atoms with Crippen LogP contribution in [0.2, 0.25) is 0 Å². The number of nitrogens with zero attached hydrogens (tertiary/aromatic N) is 1. The van der Waals surface area contributed by atoms with Crippen LogP contribution >= 0.6 is 0 Å². The zero-order valence-electron chi connectivity index (χ0n) is 18.5. The van der Waals surface area contributed by atoms with E-state index >= 15 is 0 Å². The van der Waals surface area contributed by atoms with Gasteiger partial charge in [-0.3, -0.25) is 4.79 Å². The Morgan fingerprint density at radius 2 is 1.48 bits per heavy atom. The summed E-state index contributed by atoms with van der Waals surface area (Å²) >= 11 is 0. The summed E-state index contributed by atoms with van der Waals surface area (Å²) in [6.07, 6.45) is 19.9. The van der Waals surface area contributed by atoms with E-state index in [2.05, 4.69) is 22.2 Å². The Hall–Kier alpha value is -0.850. The van der Waals surface area contributed by atoms with Crippen LogP contribution in [0, 0.1) is 0 Å². The molecular weight excluding hydrogens is 377 g/mol. The summed E-state index contributed by atoms with van der Waals surface area (Å²) in [7, 11) is 0. The first-order valence-electron chi connectivity index (χ1n) is 11.1. The molecule has 29 heavy (non-hydrogen) atoms. The van der Waals surface area contributed by atoms with Crippen molar-refractivity contribution in [1.29, 1.82) is 0 Å². The number of hydrogen-bond acceptors (Lipinski definition) is 4. The van der Waals surface area contributed by atoms with Crippen LogP contribution in [-0.2, 0) is 16.0 Å². The molecule has 0 radical (unpaired) electrons. The molecule has 0 unspecified atom stereocenters. The van der Waals surface area contributed by atoms with Crippen molar-refractivity contribution in [2.75, 3.05) is 0 Å². The summed E-state index contributed by atoms with van der Waals surface area (Å²) in [6, 6.07) is -1.02. The normalized spacial score (nSPS) is 11.6. The third-order valence-electron chi connectivity index (χ3n) is 5.11. The topological polar surface area (TPSA) is 97.9 Å². The minimum absolute atomic E-state index is 0. The molecule has 0 aliphatic carbocycles. The van der Waals surface area contributed by atoms with E-state index in [9.17, 15) is 14.7 Å². The minimum atomic E-state index is -1.27. The predicted molar refractivity (Wildman–Crippen MR) is 110 cm³/mol. The summed E-state index contributed by atoms with van der Waals surface area (Å²) in [6.45, 7) is 2.25. The Balaban J connectivity index is 0.00000784. The fourth-order valence-electron chi connectivity index (χ4n) is 3.38. The van der Waals surface area contributed by atoms with Gasteiger partial charge in [-0.15, -0.1) is 0 Å². The van der Waals surface area contributed by atoms with Crippen molar-refractivity contribution < 1.29 is 44.3 Å². The number of carbonyl (C=O) groups excluding carboxylic acids is 2. The summed E-state index contributed by atoms with van der Waals surface area (Å²) in [4.78, 5) is 29.8. The number of amides is 1. The molecule has 0 aromatic carbocycles. The van der Waals surface area contributed by atoms with Crippen LogP contribution < -0.4 is 40.0 Å². The number of carboxylic acid groups (broad SMARTS) is 1. The standard InChI is InChI=1S/C22H39N3O3.Na/c1-2-3-4-5-6-7-8-9-10-11-12-13-14-15-21(26)25-20(22(27)28)16-19-17-23-18-24-19;/h17-18,20H,2-16H2,1H3,(H,23,24)(H,25,26)(H,27,28);/q;+1/p-1/t20-;/m0./s1. The maximum atomic E-state index is 12.0. The summed E-state index contributed by atoms with van der Waals surface area (Å²) in [5.41, 5.74) is 0.662. The number of imidazole rings is 1. The van der Waals surface area contributed by atoms with Gasteiger partial charge in [-0.1, -0.05) is 84.0 Å². The molecule has 2 N–H and O–H groups in total. The summed E-state index contributed by atoms with van der Waals surface area (Å²) in [5.74, 6) is -1.50. The molecule has 0 aliphatic heterocycles. The van der Waals surface area contributed by atoms with Gasteiger partial charge in [0, 0.05) is 24.7 Å². The predicted octanol–water partition coefficient (Wildman–Crippen LogP) is 0.672. The molecular formula is C22H38N3NaO3. The first kappa shape index (κ1) is 28.1. The Morgan fingerprint density at radius 3 is 1.93 bits per heavy atom. The van der Waals surface area contributed by atoms with E-state index in [0.717, 1.165) is 19.3 Å². The molecule has 1 aromatic heterocycles. The molecule has 0 saturated heterocycles. The number of aromatic amines is 1. The van der Waals surface area contributed by atoms with Gasteiger partial charge in [0.2, 0.25) is 5.91 Å². The molecule has 0 aliphatic rings. The Bertz CT molecular complexity index is 523. The van der Waals surface area contributed by atoms with Gasteiger partial charge < -0.3 is 20.2 Å². The fraction of sp³-hybridized carbons (Fsp3) is 0.773. The quantitative estimate of drug-likeness (QED) is 0.272. The number of carboxylic acids is 1. The first-order valence-corrected chi connectivity index (χ1v) is 11.1. The number of rotatable bonds is 18. The number of unbranched alkanes of at least 4 members (excludes halogenated alkanes) is 12. The maximum absolute atomic E-state index is 12.0. The van der Waals surface area contributed by atoms with Gasteiger partial charge in [-0.2, -0.15) is 0 Å². The van der Waals surface area contributed by atoms with E-state index in [1.165, 1.54) is 70.5 Å². The second kappa shape index (κ2) is 19.1. The second-order valence-corrected chi connectivity index (χ2v) is 7.71. The summed E-state index contributed by atoms with van der Waals surface area (Å²) in [5, 5.41) is 13.7. The van der Waals surface area contributed by atoms with E-state index in [1.54, 1.807) is 6.20 Å². The molecule has 1 rings (SSSR count). The average molecular weight is 416 g/mol. The Kier molecular flexibility index (Phi) is 18.6. The van der Waals surface area contributed by atoms with Crippen LogP contribution in [0.25, 0.3) is 0 Å². The molecule has 0 fully saturated rings. The van der Waals surface area contributed by atoms with Crippen molar-refractivity contribution in [3.8, 4) is 0 Å². The Labute approximate surface area is 198 Å². The minimum Gasteiger partial charge on any atom is -0.548 e. The van der Waals surface area contributed by atoms with Gasteiger partial charge in [0.05, 0.1) is 18.3 Å². The number of aliphatic carboxylic acids is 1. The van der Waals surface area contributed by atoms with Gasteiger partial charge in [-0.25, -0.2) is 4.98 Å². The number of H-pyrrole nitrogens is 1. The average Bonchev–Trinajstić information content (AvgIpc) is 3.18. The number of aromatic nitrogens is 2. The Morgan fingerprint density at radius 1 is 0.966 bits per heavy atom.